The lowest BCUT2D eigenvalue weighted by Crippen LogP contribution is -2.41. The molecule has 0 unspecified atom stereocenters. The van der Waals surface area contributed by atoms with Crippen LogP contribution in [-0.2, 0) is 13.5 Å². The van der Waals surface area contributed by atoms with Gasteiger partial charge in [-0.1, -0.05) is 61.4 Å². The molecule has 1 saturated carbocycles. The van der Waals surface area contributed by atoms with Crippen LogP contribution < -0.4 is 10.9 Å². The smallest absolute Gasteiger partial charge is 0.275 e. The number of carbonyl (C=O) groups is 1. The van der Waals surface area contributed by atoms with Gasteiger partial charge in [0.1, 0.15) is 5.52 Å². The van der Waals surface area contributed by atoms with Crippen molar-refractivity contribution >= 4 is 27.7 Å². The third-order valence-electron chi connectivity index (χ3n) is 8.57. The molecule has 6 rings (SSSR count). The van der Waals surface area contributed by atoms with Crippen molar-refractivity contribution in [2.45, 2.75) is 57.0 Å². The van der Waals surface area contributed by atoms with Crippen molar-refractivity contribution in [3.63, 3.8) is 0 Å². The van der Waals surface area contributed by atoms with Crippen LogP contribution in [0.25, 0.3) is 21.8 Å². The average Bonchev–Trinajstić information content (AvgIpc) is 3.68. The number of pyridine rings is 1. The van der Waals surface area contributed by atoms with Gasteiger partial charge in [-0.3, -0.25) is 14.5 Å². The van der Waals surface area contributed by atoms with Gasteiger partial charge in [0.15, 0.2) is 0 Å². The molecule has 37 heavy (non-hydrogen) atoms. The standard InChI is InChI=1S/C31H36N4O2/c1-33-27-16-8-7-15-25(27)28-26(21-35(31(37)29(28)33)23-12-5-6-13-23)30(36)32-20-24-14-9-18-34(24)19-17-22-10-3-2-4-11-22/h2-4,7-8,10-11,15-16,21,23-24H,5-6,9,12-14,17-20H2,1H3,(H,32,36)/t24-/m0/s1. The van der Waals surface area contributed by atoms with Crippen molar-refractivity contribution in [3.05, 3.63) is 82.3 Å². The monoisotopic (exact) mass is 496 g/mol. The number of rotatable bonds is 7. The van der Waals surface area contributed by atoms with Gasteiger partial charge in [-0.05, 0) is 50.3 Å². The average molecular weight is 497 g/mol. The summed E-state index contributed by atoms with van der Waals surface area (Å²) < 4.78 is 3.82. The number of nitrogens with one attached hydrogen (secondary N) is 1. The fourth-order valence-corrected chi connectivity index (χ4v) is 6.57. The number of likely N-dealkylation sites (tertiary alicyclic amines) is 1. The van der Waals surface area contributed by atoms with Gasteiger partial charge < -0.3 is 14.5 Å². The number of hydrogen-bond donors (Lipinski definition) is 1. The Morgan fingerprint density at radius 2 is 1.73 bits per heavy atom. The van der Waals surface area contributed by atoms with Crippen LogP contribution >= 0.6 is 0 Å². The van der Waals surface area contributed by atoms with E-state index in [1.54, 1.807) is 0 Å². The van der Waals surface area contributed by atoms with Crippen molar-refractivity contribution in [2.75, 3.05) is 19.6 Å². The number of nitrogens with zero attached hydrogens (tertiary/aromatic N) is 3. The molecule has 0 spiro atoms. The third kappa shape index (κ3) is 4.48. The lowest BCUT2D eigenvalue weighted by molar-refractivity contribution is 0.0941. The highest BCUT2D eigenvalue weighted by Gasteiger charge is 2.28. The van der Waals surface area contributed by atoms with E-state index in [4.69, 9.17) is 0 Å². The maximum absolute atomic E-state index is 13.8. The van der Waals surface area contributed by atoms with E-state index in [1.807, 2.05) is 46.6 Å². The second kappa shape index (κ2) is 10.2. The van der Waals surface area contributed by atoms with Gasteiger partial charge in [0.05, 0.1) is 5.56 Å². The normalized spacial score (nSPS) is 18.8. The number of benzene rings is 2. The highest BCUT2D eigenvalue weighted by atomic mass is 16.2. The van der Waals surface area contributed by atoms with E-state index in [-0.39, 0.29) is 17.5 Å². The molecule has 6 nitrogen and oxygen atoms in total. The summed E-state index contributed by atoms with van der Waals surface area (Å²) in [4.78, 5) is 30.0. The van der Waals surface area contributed by atoms with Gasteiger partial charge in [-0.2, -0.15) is 0 Å². The number of aromatic nitrogens is 2. The molecule has 1 amide bonds. The molecule has 1 saturated heterocycles. The van der Waals surface area contributed by atoms with Crippen LogP contribution in [0.15, 0.2) is 65.6 Å². The van der Waals surface area contributed by atoms with Crippen LogP contribution in [0.3, 0.4) is 0 Å². The first-order valence-corrected chi connectivity index (χ1v) is 13.8. The van der Waals surface area contributed by atoms with Crippen LogP contribution in [0.1, 0.15) is 60.5 Å². The molecular formula is C31H36N4O2. The molecule has 6 heteroatoms. The summed E-state index contributed by atoms with van der Waals surface area (Å²) in [5, 5.41) is 5.01. The summed E-state index contributed by atoms with van der Waals surface area (Å²) in [6.45, 7) is 2.71. The van der Waals surface area contributed by atoms with E-state index in [0.717, 1.165) is 74.3 Å². The Labute approximate surface area is 217 Å². The van der Waals surface area contributed by atoms with E-state index in [1.165, 1.54) is 5.56 Å². The lowest BCUT2D eigenvalue weighted by atomic mass is 10.1. The zero-order valence-corrected chi connectivity index (χ0v) is 21.7. The summed E-state index contributed by atoms with van der Waals surface area (Å²) in [5.41, 5.74) is 3.60. The predicted octanol–water partition coefficient (Wildman–Crippen LogP) is 5.05. The molecule has 0 bridgehead atoms. The summed E-state index contributed by atoms with van der Waals surface area (Å²) in [6.07, 6.45) is 9.39. The molecule has 1 aliphatic carbocycles. The summed E-state index contributed by atoms with van der Waals surface area (Å²) in [5.74, 6) is -0.0805. The van der Waals surface area contributed by atoms with Gasteiger partial charge in [0, 0.05) is 54.7 Å². The molecule has 2 fully saturated rings. The summed E-state index contributed by atoms with van der Waals surface area (Å²) in [6, 6.07) is 19.1. The lowest BCUT2D eigenvalue weighted by Gasteiger charge is -2.25. The van der Waals surface area contributed by atoms with Crippen molar-refractivity contribution in [1.29, 1.82) is 0 Å². The van der Waals surface area contributed by atoms with E-state index in [9.17, 15) is 9.59 Å². The third-order valence-corrected chi connectivity index (χ3v) is 8.57. The Morgan fingerprint density at radius 3 is 2.54 bits per heavy atom. The molecule has 2 aromatic heterocycles. The van der Waals surface area contributed by atoms with Crippen LogP contribution in [0.4, 0.5) is 0 Å². The van der Waals surface area contributed by atoms with Crippen LogP contribution in [0.5, 0.6) is 0 Å². The largest absolute Gasteiger partial charge is 0.350 e. The molecule has 2 aromatic carbocycles. The fourth-order valence-electron chi connectivity index (χ4n) is 6.57. The highest BCUT2D eigenvalue weighted by molar-refractivity contribution is 6.17. The SMILES string of the molecule is Cn1c2ccccc2c2c(C(=O)NC[C@@H]3CCCN3CCc3ccccc3)cn(C3CCCC3)c(=O)c21. The van der Waals surface area contributed by atoms with Crippen molar-refractivity contribution < 1.29 is 4.79 Å². The Bertz CT molecular complexity index is 1480. The van der Waals surface area contributed by atoms with Gasteiger partial charge in [0.25, 0.3) is 11.5 Å². The first-order chi connectivity index (χ1) is 18.1. The van der Waals surface area contributed by atoms with Crippen molar-refractivity contribution in [2.24, 2.45) is 7.05 Å². The molecule has 2 aliphatic rings. The molecule has 3 heterocycles. The molecule has 192 valence electrons. The van der Waals surface area contributed by atoms with Crippen LogP contribution in [-0.4, -0.2) is 45.6 Å². The number of aryl methyl sites for hydroxylation is 1. The van der Waals surface area contributed by atoms with E-state index < -0.39 is 0 Å². The topological polar surface area (TPSA) is 59.3 Å². The van der Waals surface area contributed by atoms with E-state index in [0.29, 0.717) is 23.7 Å². The minimum Gasteiger partial charge on any atom is -0.350 e. The van der Waals surface area contributed by atoms with Crippen molar-refractivity contribution in [3.8, 4) is 0 Å². The van der Waals surface area contributed by atoms with Gasteiger partial charge in [-0.25, -0.2) is 0 Å². The number of hydrogen-bond acceptors (Lipinski definition) is 3. The predicted molar refractivity (Wildman–Crippen MR) is 149 cm³/mol. The van der Waals surface area contributed by atoms with E-state index in [2.05, 4.69) is 40.5 Å². The molecule has 0 radical (unpaired) electrons. The number of amides is 1. The number of fused-ring (bicyclic) bond motifs is 3. The minimum absolute atomic E-state index is 0.0139. The summed E-state index contributed by atoms with van der Waals surface area (Å²) in [7, 11) is 1.94. The molecular weight excluding hydrogens is 460 g/mol. The van der Waals surface area contributed by atoms with Gasteiger partial charge in [-0.15, -0.1) is 0 Å². The van der Waals surface area contributed by atoms with Gasteiger partial charge in [0.2, 0.25) is 0 Å². The Kier molecular flexibility index (Phi) is 6.59. The maximum Gasteiger partial charge on any atom is 0.275 e. The van der Waals surface area contributed by atoms with Crippen molar-refractivity contribution in [1.82, 2.24) is 19.4 Å². The maximum atomic E-state index is 13.8. The van der Waals surface area contributed by atoms with Gasteiger partial charge >= 0.3 is 0 Å². The zero-order chi connectivity index (χ0) is 25.4. The number of carbonyl (C=O) groups excluding carboxylic acids is 1. The Hall–Kier alpha value is -3.38. The first kappa shape index (κ1) is 24.0. The molecule has 1 atom stereocenters. The second-order valence-electron chi connectivity index (χ2n) is 10.8. The first-order valence-electron chi connectivity index (χ1n) is 13.8. The Morgan fingerprint density at radius 1 is 0.973 bits per heavy atom. The fraction of sp³-hybridized carbons (Fsp3) is 0.419. The molecule has 1 aliphatic heterocycles. The zero-order valence-electron chi connectivity index (χ0n) is 21.7. The second-order valence-corrected chi connectivity index (χ2v) is 10.8. The minimum atomic E-state index is -0.0805. The molecule has 1 N–H and O–H groups in total. The quantitative estimate of drug-likeness (QED) is 0.390. The Balaban J connectivity index is 1.29. The number of para-hydroxylation sites is 1. The summed E-state index contributed by atoms with van der Waals surface area (Å²) >= 11 is 0. The molecule has 4 aromatic rings. The van der Waals surface area contributed by atoms with Crippen LogP contribution in [0.2, 0.25) is 0 Å². The van der Waals surface area contributed by atoms with Crippen LogP contribution in [0, 0.1) is 0 Å². The highest BCUT2D eigenvalue weighted by Crippen LogP contribution is 2.33. The van der Waals surface area contributed by atoms with E-state index >= 15 is 0 Å².